The number of primary amides is 2. The second-order valence-electron chi connectivity index (χ2n) is 6.66. The molecule has 17 nitrogen and oxygen atoms in total. The Hall–Kier alpha value is -4.28. The molecule has 0 fully saturated rings. The highest BCUT2D eigenvalue weighted by molar-refractivity contribution is 5.98. The number of hydrogen-bond donors (Lipinski definition) is 9. The number of amides is 5. The maximum atomic E-state index is 12.5. The molecule has 0 rings (SSSR count). The van der Waals surface area contributed by atoms with Crippen LogP contribution in [0.25, 0.3) is 0 Å². The van der Waals surface area contributed by atoms with E-state index in [2.05, 4.69) is 0 Å². The molecule has 184 valence electrons. The van der Waals surface area contributed by atoms with Crippen LogP contribution >= 0.6 is 0 Å². The number of nitrogens with one attached hydrogen (secondary N) is 3. The lowest BCUT2D eigenvalue weighted by Gasteiger charge is -2.23. The van der Waals surface area contributed by atoms with Crippen molar-refractivity contribution < 1.29 is 53.7 Å². The van der Waals surface area contributed by atoms with Crippen molar-refractivity contribution in [2.75, 3.05) is 0 Å². The first-order valence-corrected chi connectivity index (χ1v) is 9.03. The molecule has 0 aliphatic rings. The van der Waals surface area contributed by atoms with Gasteiger partial charge >= 0.3 is 17.9 Å². The van der Waals surface area contributed by atoms with Gasteiger partial charge in [0.05, 0.1) is 31.7 Å². The zero-order valence-electron chi connectivity index (χ0n) is 17.0. The minimum absolute atomic E-state index is 0.816. The Balaban J connectivity index is 5.58. The summed E-state index contributed by atoms with van der Waals surface area (Å²) in [5.74, 6) is -10.6. The van der Waals surface area contributed by atoms with Gasteiger partial charge in [0.25, 0.3) is 0 Å². The number of carbonyl (C=O) groups is 8. The minimum Gasteiger partial charge on any atom is -0.481 e. The Morgan fingerprint density at radius 3 is 1.27 bits per heavy atom. The number of hydrogen-bond acceptors (Lipinski definition) is 9. The number of rotatable bonds is 15. The van der Waals surface area contributed by atoms with Gasteiger partial charge in [0, 0.05) is 0 Å². The fourth-order valence-electron chi connectivity index (χ4n) is 2.30. The smallest absolute Gasteiger partial charge is 0.326 e. The summed E-state index contributed by atoms with van der Waals surface area (Å²) in [5.41, 5.74) is 15.4. The fourth-order valence-corrected chi connectivity index (χ4v) is 2.30. The Kier molecular flexibility index (Phi) is 11.5. The highest BCUT2D eigenvalue weighted by atomic mass is 16.4. The fraction of sp³-hybridized carbons (Fsp3) is 0.500. The Morgan fingerprint density at radius 1 is 0.576 bits per heavy atom. The normalized spacial score (nSPS) is 14.0. The first-order chi connectivity index (χ1) is 15.1. The average molecular weight is 476 g/mol. The Labute approximate surface area is 185 Å². The van der Waals surface area contributed by atoms with E-state index in [0.717, 1.165) is 0 Å². The topological polar surface area (TPSA) is 311 Å². The largest absolute Gasteiger partial charge is 0.481 e. The van der Waals surface area contributed by atoms with E-state index in [0.29, 0.717) is 0 Å². The molecule has 0 aromatic rings. The third kappa shape index (κ3) is 11.6. The average Bonchev–Trinajstić information content (AvgIpc) is 2.64. The number of carboxylic acid groups (broad SMARTS) is 3. The van der Waals surface area contributed by atoms with Crippen molar-refractivity contribution >= 4 is 47.4 Å². The third-order valence-corrected chi connectivity index (χ3v) is 3.80. The molecular weight excluding hydrogens is 452 g/mol. The van der Waals surface area contributed by atoms with Crippen LogP contribution in [-0.2, 0) is 38.4 Å². The van der Waals surface area contributed by atoms with E-state index in [4.69, 9.17) is 32.5 Å². The maximum Gasteiger partial charge on any atom is 0.326 e. The lowest BCUT2D eigenvalue weighted by atomic mass is 10.1. The molecule has 4 unspecified atom stereocenters. The van der Waals surface area contributed by atoms with Gasteiger partial charge in [-0.3, -0.25) is 33.6 Å². The van der Waals surface area contributed by atoms with Crippen molar-refractivity contribution in [1.82, 2.24) is 16.0 Å². The zero-order valence-corrected chi connectivity index (χ0v) is 17.0. The Bertz CT molecular complexity index is 830. The Morgan fingerprint density at radius 2 is 0.939 bits per heavy atom. The molecule has 12 N–H and O–H groups in total. The summed E-state index contributed by atoms with van der Waals surface area (Å²) in [4.78, 5) is 91.9. The van der Waals surface area contributed by atoms with Crippen molar-refractivity contribution in [2.45, 2.75) is 49.9 Å². The van der Waals surface area contributed by atoms with Crippen molar-refractivity contribution in [2.24, 2.45) is 17.2 Å². The van der Waals surface area contributed by atoms with Gasteiger partial charge in [-0.25, -0.2) is 4.79 Å². The monoisotopic (exact) mass is 476 g/mol. The highest BCUT2D eigenvalue weighted by Gasteiger charge is 2.32. The molecular formula is C16H24N6O11. The van der Waals surface area contributed by atoms with E-state index in [-0.39, 0.29) is 0 Å². The summed E-state index contributed by atoms with van der Waals surface area (Å²) in [6.45, 7) is 0. The molecule has 0 aliphatic heterocycles. The predicted molar refractivity (Wildman–Crippen MR) is 104 cm³/mol. The lowest BCUT2D eigenvalue weighted by molar-refractivity contribution is -0.147. The zero-order chi connectivity index (χ0) is 25.9. The first kappa shape index (κ1) is 28.7. The molecule has 17 heteroatoms. The SMILES string of the molecule is NC(=O)CC(NC(=O)C(N)CC(=O)O)C(=O)NC(CC(N)=O)C(=O)NC(CC(=O)O)C(=O)O. The van der Waals surface area contributed by atoms with Crippen LogP contribution in [0, 0.1) is 0 Å². The predicted octanol–water partition coefficient (Wildman–Crippen LogP) is -5.45. The van der Waals surface area contributed by atoms with E-state index in [1.807, 2.05) is 16.0 Å². The molecule has 5 amide bonds. The van der Waals surface area contributed by atoms with Crippen LogP contribution in [0.3, 0.4) is 0 Å². The molecule has 0 bridgehead atoms. The number of carbonyl (C=O) groups excluding carboxylic acids is 5. The molecule has 0 aromatic carbocycles. The lowest BCUT2D eigenvalue weighted by Crippen LogP contribution is -2.58. The number of carboxylic acids is 3. The molecule has 0 saturated carbocycles. The molecule has 0 spiro atoms. The molecule has 0 aliphatic carbocycles. The van der Waals surface area contributed by atoms with E-state index in [1.54, 1.807) is 0 Å². The summed E-state index contributed by atoms with van der Waals surface area (Å²) in [5, 5.41) is 32.2. The molecule has 0 saturated heterocycles. The highest BCUT2D eigenvalue weighted by Crippen LogP contribution is 2.01. The number of nitrogens with two attached hydrogens (primary N) is 3. The summed E-state index contributed by atoms with van der Waals surface area (Å²) < 4.78 is 0. The number of aliphatic carboxylic acids is 3. The van der Waals surface area contributed by atoms with Crippen LogP contribution in [0.15, 0.2) is 0 Å². The first-order valence-electron chi connectivity index (χ1n) is 9.03. The summed E-state index contributed by atoms with van der Waals surface area (Å²) in [6, 6.07) is -7.11. The van der Waals surface area contributed by atoms with Crippen LogP contribution in [0.2, 0.25) is 0 Å². The molecule has 0 heterocycles. The molecule has 0 radical (unpaired) electrons. The molecule has 4 atom stereocenters. The third-order valence-electron chi connectivity index (χ3n) is 3.80. The summed E-state index contributed by atoms with van der Waals surface area (Å²) in [6.07, 6.45) is -3.53. The van der Waals surface area contributed by atoms with Gasteiger partial charge in [-0.15, -0.1) is 0 Å². The van der Waals surface area contributed by atoms with E-state index >= 15 is 0 Å². The van der Waals surface area contributed by atoms with E-state index in [9.17, 15) is 38.4 Å². The van der Waals surface area contributed by atoms with E-state index in [1.165, 1.54) is 0 Å². The van der Waals surface area contributed by atoms with Crippen LogP contribution in [-0.4, -0.2) is 86.9 Å². The van der Waals surface area contributed by atoms with Gasteiger partial charge in [-0.05, 0) is 0 Å². The quantitative estimate of drug-likeness (QED) is 0.107. The van der Waals surface area contributed by atoms with Crippen LogP contribution in [0.4, 0.5) is 0 Å². The second kappa shape index (κ2) is 13.2. The van der Waals surface area contributed by atoms with Gasteiger partial charge in [0.1, 0.15) is 18.1 Å². The molecule has 0 aromatic heterocycles. The minimum atomic E-state index is -1.92. The van der Waals surface area contributed by atoms with Gasteiger partial charge in [-0.2, -0.15) is 0 Å². The maximum absolute atomic E-state index is 12.5. The van der Waals surface area contributed by atoms with Crippen molar-refractivity contribution in [3.63, 3.8) is 0 Å². The van der Waals surface area contributed by atoms with Gasteiger partial charge in [-0.1, -0.05) is 0 Å². The second-order valence-corrected chi connectivity index (χ2v) is 6.66. The summed E-state index contributed by atoms with van der Waals surface area (Å²) in [7, 11) is 0. The van der Waals surface area contributed by atoms with Crippen LogP contribution < -0.4 is 33.2 Å². The van der Waals surface area contributed by atoms with E-state index < -0.39 is 97.3 Å². The summed E-state index contributed by atoms with van der Waals surface area (Å²) >= 11 is 0. The van der Waals surface area contributed by atoms with Crippen molar-refractivity contribution in [3.8, 4) is 0 Å². The van der Waals surface area contributed by atoms with Crippen LogP contribution in [0.5, 0.6) is 0 Å². The molecule has 33 heavy (non-hydrogen) atoms. The van der Waals surface area contributed by atoms with Gasteiger partial charge < -0.3 is 48.5 Å². The van der Waals surface area contributed by atoms with Gasteiger partial charge in [0.2, 0.25) is 29.5 Å². The van der Waals surface area contributed by atoms with Crippen LogP contribution in [0.1, 0.15) is 25.7 Å². The standard InChI is InChI=1S/C16H24N6O11/c17-5(1-11(25)26)13(29)20-6(2-9(18)23)14(30)21-7(3-10(19)24)15(31)22-8(16(32)33)4-12(27)28/h5-8H,1-4,17H2,(H2,18,23)(H2,19,24)(H,20,29)(H,21,30)(H,22,31)(H,25,26)(H,27,28)(H,32,33). The van der Waals surface area contributed by atoms with Crippen molar-refractivity contribution in [1.29, 1.82) is 0 Å². The van der Waals surface area contributed by atoms with Gasteiger partial charge in [0.15, 0.2) is 0 Å². The van der Waals surface area contributed by atoms with Crippen molar-refractivity contribution in [3.05, 3.63) is 0 Å².